The number of hydrogen-bond donors (Lipinski definition) is 3. The lowest BCUT2D eigenvalue weighted by Crippen LogP contribution is -2.59. The molecule has 4 amide bonds. The second-order valence-corrected chi connectivity index (χ2v) is 22.3. The summed E-state index contributed by atoms with van der Waals surface area (Å²) in [5, 5.41) is 9.39. The molecule has 8 bridgehead atoms. The minimum absolute atomic E-state index is 0.0719. The molecule has 386 valence electrons. The Morgan fingerprint density at radius 1 is 0.639 bits per heavy atom. The Labute approximate surface area is 412 Å². The van der Waals surface area contributed by atoms with Gasteiger partial charge in [0.25, 0.3) is 0 Å². The van der Waals surface area contributed by atoms with Gasteiger partial charge in [-0.3, -0.25) is 32.7 Å². The maximum atomic E-state index is 14.0. The highest BCUT2D eigenvalue weighted by molar-refractivity contribution is 5.83. The van der Waals surface area contributed by atoms with Crippen molar-refractivity contribution in [1.82, 2.24) is 28.1 Å². The summed E-state index contributed by atoms with van der Waals surface area (Å²) in [7, 11) is 1.23. The van der Waals surface area contributed by atoms with E-state index in [1.54, 1.807) is 20.4 Å². The van der Waals surface area contributed by atoms with E-state index in [1.807, 2.05) is 0 Å². The number of nitrogens with zero attached hydrogens (tertiary/aromatic N) is 6. The van der Waals surface area contributed by atoms with Gasteiger partial charge in [0.15, 0.2) is 0 Å². The quantitative estimate of drug-likeness (QED) is 0.150. The van der Waals surface area contributed by atoms with Crippen LogP contribution < -0.4 is 22.8 Å². The molecule has 0 spiro atoms. The highest BCUT2D eigenvalue weighted by Gasteiger charge is 2.61. The van der Waals surface area contributed by atoms with E-state index < -0.39 is 40.2 Å². The molecule has 19 nitrogen and oxygen atoms in total. The van der Waals surface area contributed by atoms with Gasteiger partial charge in [-0.2, -0.15) is 0 Å². The Balaban J connectivity index is 0.000000156. The zero-order valence-electron chi connectivity index (χ0n) is 40.3. The number of carbonyl (C=O) groups excluding carboxylic acids is 5. The summed E-state index contributed by atoms with van der Waals surface area (Å²) in [4.78, 5) is 92.4. The summed E-state index contributed by atoms with van der Waals surface area (Å²) in [5.74, 6) is -0.434. The summed E-state index contributed by atoms with van der Waals surface area (Å²) in [6, 6.07) is 7.59. The largest absolute Gasteiger partial charge is 0.468 e. The lowest BCUT2D eigenvalue weighted by molar-refractivity contribution is -0.162. The van der Waals surface area contributed by atoms with Crippen LogP contribution in [0.1, 0.15) is 89.1 Å². The molecule has 2 aliphatic heterocycles. The zero-order valence-corrected chi connectivity index (χ0v) is 40.3. The van der Waals surface area contributed by atoms with Crippen LogP contribution in [0.2, 0.25) is 0 Å². The second-order valence-electron chi connectivity index (χ2n) is 22.3. The van der Waals surface area contributed by atoms with Gasteiger partial charge in [-0.05, 0) is 149 Å². The number of esters is 1. The summed E-state index contributed by atoms with van der Waals surface area (Å²) >= 11 is 0. The van der Waals surface area contributed by atoms with E-state index >= 15 is 0 Å². The van der Waals surface area contributed by atoms with Gasteiger partial charge in [0.1, 0.15) is 30.4 Å². The number of hydrogen-bond acceptors (Lipinski definition) is 11. The van der Waals surface area contributed by atoms with Crippen molar-refractivity contribution in [1.29, 1.82) is 0 Å². The van der Waals surface area contributed by atoms with Crippen LogP contribution in [0.5, 0.6) is 0 Å². The lowest BCUT2D eigenvalue weighted by atomic mass is 9.48. The van der Waals surface area contributed by atoms with Crippen molar-refractivity contribution in [2.24, 2.45) is 57.8 Å². The number of amides is 4. The molecule has 4 aromatic rings. The third-order valence-electron chi connectivity index (χ3n) is 18.2. The van der Waals surface area contributed by atoms with Gasteiger partial charge in [0.2, 0.25) is 11.8 Å². The predicted molar refractivity (Wildman–Crippen MR) is 253 cm³/mol. The van der Waals surface area contributed by atoms with Crippen LogP contribution in [0, 0.1) is 58.0 Å². The number of primary amides is 2. The van der Waals surface area contributed by atoms with Crippen molar-refractivity contribution in [3.63, 3.8) is 0 Å². The number of halogens is 2. The molecule has 0 radical (unpaired) electrons. The number of aliphatic hydroxyl groups excluding tert-OH is 1. The van der Waals surface area contributed by atoms with Crippen LogP contribution in [0.15, 0.2) is 46.0 Å². The predicted octanol–water partition coefficient (Wildman–Crippen LogP) is 4.18. The van der Waals surface area contributed by atoms with Crippen LogP contribution in [0.25, 0.3) is 22.1 Å². The van der Waals surface area contributed by atoms with Gasteiger partial charge >= 0.3 is 29.5 Å². The Hall–Kier alpha value is -6.25. The molecular formula is C51H62F2N8O11. The van der Waals surface area contributed by atoms with E-state index in [0.29, 0.717) is 92.1 Å². The fourth-order valence-electron chi connectivity index (χ4n) is 15.4. The topological polar surface area (TPSA) is 246 Å². The van der Waals surface area contributed by atoms with Crippen LogP contribution in [-0.4, -0.2) is 115 Å². The highest BCUT2D eigenvalue weighted by atomic mass is 19.1. The van der Waals surface area contributed by atoms with Crippen molar-refractivity contribution in [2.75, 3.05) is 39.9 Å². The van der Waals surface area contributed by atoms with Gasteiger partial charge < -0.3 is 40.6 Å². The molecule has 4 unspecified atom stereocenters. The number of ether oxygens (including phenoxy) is 3. The number of nitrogens with two attached hydrogens (primary N) is 2. The number of rotatable bonds is 10. The second kappa shape index (κ2) is 18.0. The lowest BCUT2D eigenvalue weighted by Gasteiger charge is -2.58. The molecule has 21 heteroatoms. The van der Waals surface area contributed by atoms with Crippen molar-refractivity contribution in [3.05, 3.63) is 69.0 Å². The summed E-state index contributed by atoms with van der Waals surface area (Å²) in [6.45, 7) is 0.964. The maximum absolute atomic E-state index is 14.0. The Morgan fingerprint density at radius 3 is 1.46 bits per heavy atom. The number of imidazole rings is 2. The first-order valence-corrected chi connectivity index (χ1v) is 25.5. The normalized spacial score (nSPS) is 32.8. The number of fused-ring (bicyclic) bond motifs is 2. The van der Waals surface area contributed by atoms with Gasteiger partial charge in [-0.25, -0.2) is 28.0 Å². The molecular weight excluding hydrogens is 939 g/mol. The Kier molecular flexibility index (Phi) is 12.0. The molecule has 2 aromatic carbocycles. The van der Waals surface area contributed by atoms with Crippen molar-refractivity contribution in [3.8, 4) is 0 Å². The fourth-order valence-corrected chi connectivity index (χ4v) is 15.4. The number of aliphatic hydroxyl groups is 1. The molecule has 10 fully saturated rings. The van der Waals surface area contributed by atoms with E-state index in [-0.39, 0.29) is 97.8 Å². The standard InChI is InChI=1S/C26H31FN4O6.C25H31FN4O5/c1-36-21(32)13-30-20-8-17(27)2-3-19(20)31(24(30)34)18-4-5-29(12-18)25(35)37-22-15-6-14-7-16(22)11-26(9-14,10-15)23(28)33;26-17-1-2-19-20(9-17)29(5-6-31)23(33)30(19)18-3-4-28(13-18)24(34)35-21-15-7-14-8-16(21)12-25(10-14,11-15)22(27)32/h2-3,8,14-16,18,22H,4-7,9-13H2,1H3,(H2,28,33);1-2,9,14-16,18,21,31H,3-8,10-13H2,(H2,27,32)/t14?,15?,16?,18-,22?,26?;14?,15?,16?,18-,21?,25?/m00/s1. The van der Waals surface area contributed by atoms with Crippen LogP contribution in [-0.2, 0) is 41.7 Å². The molecule has 8 saturated carbocycles. The molecule has 4 heterocycles. The first-order valence-electron chi connectivity index (χ1n) is 25.5. The number of aromatic nitrogens is 4. The average Bonchev–Trinajstić information content (AvgIpc) is 4.14. The molecule has 6 atom stereocenters. The zero-order chi connectivity index (χ0) is 50.5. The molecule has 2 saturated heterocycles. The van der Waals surface area contributed by atoms with Gasteiger partial charge in [-0.15, -0.1) is 0 Å². The monoisotopic (exact) mass is 1000 g/mol. The van der Waals surface area contributed by atoms with Gasteiger partial charge in [0, 0.05) is 26.2 Å². The first-order chi connectivity index (χ1) is 34.5. The average molecular weight is 1000 g/mol. The number of carbonyl (C=O) groups is 5. The highest BCUT2D eigenvalue weighted by Crippen LogP contribution is 2.62. The summed E-state index contributed by atoms with van der Waals surface area (Å²) in [6.07, 6.45) is 8.25. The van der Waals surface area contributed by atoms with Crippen LogP contribution in [0.3, 0.4) is 0 Å². The number of methoxy groups -OCH3 is 1. The minimum atomic E-state index is -0.615. The first kappa shape index (κ1) is 48.0. The van der Waals surface area contributed by atoms with E-state index in [0.717, 1.165) is 38.5 Å². The minimum Gasteiger partial charge on any atom is -0.468 e. The van der Waals surface area contributed by atoms with Crippen molar-refractivity contribution < 1.29 is 52.1 Å². The third-order valence-corrected chi connectivity index (χ3v) is 18.2. The van der Waals surface area contributed by atoms with E-state index in [4.69, 9.17) is 25.7 Å². The fraction of sp³-hybridized carbons (Fsp3) is 0.627. The number of likely N-dealkylation sites (tertiary alicyclic amines) is 2. The van der Waals surface area contributed by atoms with Crippen molar-refractivity contribution >= 4 is 52.0 Å². The Bertz CT molecular complexity index is 2970. The molecule has 8 aliphatic carbocycles. The molecule has 72 heavy (non-hydrogen) atoms. The van der Waals surface area contributed by atoms with Crippen LogP contribution in [0.4, 0.5) is 18.4 Å². The maximum Gasteiger partial charge on any atom is 0.410 e. The summed E-state index contributed by atoms with van der Waals surface area (Å²) < 4.78 is 50.4. The molecule has 10 aliphatic rings. The van der Waals surface area contributed by atoms with E-state index in [9.17, 15) is 47.4 Å². The third kappa shape index (κ3) is 8.04. The molecule has 2 aromatic heterocycles. The Morgan fingerprint density at radius 2 is 1.06 bits per heavy atom. The SMILES string of the molecule is COC(=O)Cn1c(=O)n([C@H]2CCN(C(=O)OC3C4CC5CC3CC(C(N)=O)(C5)C4)C2)c2ccc(F)cc21.NC(=O)C12CC3CC(C1)C(OC(=O)N1CC[C@H](n4c(=O)n(CCO)c5cc(F)ccc54)C1)C(C3)C2. The van der Waals surface area contributed by atoms with E-state index in [1.165, 1.54) is 51.1 Å². The van der Waals surface area contributed by atoms with Gasteiger partial charge in [0.05, 0.1) is 65.2 Å². The van der Waals surface area contributed by atoms with E-state index in [2.05, 4.69) is 0 Å². The number of benzene rings is 2. The van der Waals surface area contributed by atoms with Gasteiger partial charge in [-0.1, -0.05) is 0 Å². The molecule has 5 N–H and O–H groups in total. The van der Waals surface area contributed by atoms with Crippen LogP contribution >= 0.6 is 0 Å². The summed E-state index contributed by atoms with van der Waals surface area (Å²) in [5.41, 5.74) is 11.7. The molecule has 14 rings (SSSR count). The smallest absolute Gasteiger partial charge is 0.410 e. The van der Waals surface area contributed by atoms with Crippen molar-refractivity contribution in [2.45, 2.75) is 114 Å².